The van der Waals surface area contributed by atoms with E-state index in [9.17, 15) is 8.42 Å². The molecule has 0 fully saturated rings. The molecule has 2 aromatic rings. The van der Waals surface area contributed by atoms with Crippen molar-refractivity contribution in [1.29, 1.82) is 0 Å². The van der Waals surface area contributed by atoms with Gasteiger partial charge in [0.2, 0.25) is 0 Å². The number of aryl methyl sites for hydroxylation is 1. The van der Waals surface area contributed by atoms with E-state index in [-0.39, 0.29) is 4.90 Å². The summed E-state index contributed by atoms with van der Waals surface area (Å²) < 4.78 is 26.8. The van der Waals surface area contributed by atoms with Gasteiger partial charge in [0, 0.05) is 12.7 Å². The van der Waals surface area contributed by atoms with Crippen molar-refractivity contribution in [3.63, 3.8) is 0 Å². The molecular formula is C11H14N4O2S. The number of aromatic nitrogens is 2. The third-order valence-electron chi connectivity index (χ3n) is 2.53. The predicted molar refractivity (Wildman–Crippen MR) is 68.5 cm³/mol. The molecule has 1 aromatic carbocycles. The van der Waals surface area contributed by atoms with Crippen LogP contribution in [0, 0.1) is 6.92 Å². The number of nitrogens with two attached hydrogens (primary N) is 1. The fraction of sp³-hybridized carbons (Fsp3) is 0.182. The Labute approximate surface area is 105 Å². The standard InChI is InChI=1S/C11H14N4O2S/c1-8-2-3-9(5-12)4-11(8)18(16,17)15-10-6-13-14-7-10/h2-4,6-7,15H,5,12H2,1H3,(H,13,14). The first kappa shape index (κ1) is 12.6. The molecule has 6 nitrogen and oxygen atoms in total. The summed E-state index contributed by atoms with van der Waals surface area (Å²) in [6, 6.07) is 5.13. The topological polar surface area (TPSA) is 101 Å². The highest BCUT2D eigenvalue weighted by Crippen LogP contribution is 2.20. The Morgan fingerprint density at radius 1 is 1.44 bits per heavy atom. The average Bonchev–Trinajstić information content (AvgIpc) is 2.81. The lowest BCUT2D eigenvalue weighted by atomic mass is 10.1. The summed E-state index contributed by atoms with van der Waals surface area (Å²) in [6.07, 6.45) is 2.87. The van der Waals surface area contributed by atoms with E-state index in [1.54, 1.807) is 19.1 Å². The number of anilines is 1. The van der Waals surface area contributed by atoms with Crippen LogP contribution >= 0.6 is 0 Å². The van der Waals surface area contributed by atoms with Gasteiger partial charge in [0.15, 0.2) is 0 Å². The molecule has 7 heteroatoms. The number of nitrogens with zero attached hydrogens (tertiary/aromatic N) is 1. The molecular weight excluding hydrogens is 252 g/mol. The molecule has 0 aliphatic carbocycles. The number of benzene rings is 1. The smallest absolute Gasteiger partial charge is 0.262 e. The maximum Gasteiger partial charge on any atom is 0.262 e. The molecule has 0 aliphatic rings. The number of sulfonamides is 1. The second-order valence-corrected chi connectivity index (χ2v) is 5.55. The maximum absolute atomic E-state index is 12.2. The van der Waals surface area contributed by atoms with Crippen LogP contribution in [0.4, 0.5) is 5.69 Å². The van der Waals surface area contributed by atoms with Gasteiger partial charge in [-0.05, 0) is 24.1 Å². The molecule has 0 aliphatic heterocycles. The summed E-state index contributed by atoms with van der Waals surface area (Å²) in [5.74, 6) is 0. The number of hydrogen-bond acceptors (Lipinski definition) is 4. The van der Waals surface area contributed by atoms with Gasteiger partial charge < -0.3 is 5.73 Å². The van der Waals surface area contributed by atoms with Gasteiger partial charge in [-0.3, -0.25) is 9.82 Å². The van der Waals surface area contributed by atoms with E-state index in [1.807, 2.05) is 6.07 Å². The lowest BCUT2D eigenvalue weighted by molar-refractivity contribution is 0.600. The van der Waals surface area contributed by atoms with E-state index in [2.05, 4.69) is 14.9 Å². The van der Waals surface area contributed by atoms with Crippen molar-refractivity contribution in [1.82, 2.24) is 10.2 Å². The Morgan fingerprint density at radius 3 is 2.83 bits per heavy atom. The van der Waals surface area contributed by atoms with Crippen LogP contribution in [-0.2, 0) is 16.6 Å². The molecule has 0 unspecified atom stereocenters. The van der Waals surface area contributed by atoms with Gasteiger partial charge in [0.05, 0.1) is 16.8 Å². The Kier molecular flexibility index (Phi) is 3.35. The lowest BCUT2D eigenvalue weighted by Gasteiger charge is -2.10. The first-order valence-corrected chi connectivity index (χ1v) is 6.82. The van der Waals surface area contributed by atoms with Crippen LogP contribution < -0.4 is 10.5 Å². The first-order valence-electron chi connectivity index (χ1n) is 5.34. The quantitative estimate of drug-likeness (QED) is 0.767. The Bertz CT molecular complexity index is 635. The summed E-state index contributed by atoms with van der Waals surface area (Å²) in [7, 11) is -3.61. The van der Waals surface area contributed by atoms with Crippen LogP contribution in [0.3, 0.4) is 0 Å². The SMILES string of the molecule is Cc1ccc(CN)cc1S(=O)(=O)Nc1cn[nH]c1. The van der Waals surface area contributed by atoms with Crippen LogP contribution in [0.2, 0.25) is 0 Å². The first-order chi connectivity index (χ1) is 8.53. The molecule has 1 aromatic heterocycles. The highest BCUT2D eigenvalue weighted by atomic mass is 32.2. The molecule has 0 bridgehead atoms. The van der Waals surface area contributed by atoms with Crippen molar-refractivity contribution in [2.45, 2.75) is 18.4 Å². The van der Waals surface area contributed by atoms with Crippen LogP contribution in [0.1, 0.15) is 11.1 Å². The third-order valence-corrected chi connectivity index (χ3v) is 4.05. The second kappa shape index (κ2) is 4.79. The molecule has 4 N–H and O–H groups in total. The molecule has 18 heavy (non-hydrogen) atoms. The zero-order chi connectivity index (χ0) is 13.2. The maximum atomic E-state index is 12.2. The summed E-state index contributed by atoms with van der Waals surface area (Å²) in [5.41, 5.74) is 7.35. The largest absolute Gasteiger partial charge is 0.326 e. The van der Waals surface area contributed by atoms with Crippen molar-refractivity contribution in [2.75, 3.05) is 4.72 Å². The van der Waals surface area contributed by atoms with E-state index < -0.39 is 10.0 Å². The van der Waals surface area contributed by atoms with Gasteiger partial charge in [-0.1, -0.05) is 12.1 Å². The molecule has 0 amide bonds. The van der Waals surface area contributed by atoms with Gasteiger partial charge in [0.25, 0.3) is 10.0 Å². The zero-order valence-corrected chi connectivity index (χ0v) is 10.7. The van der Waals surface area contributed by atoms with Gasteiger partial charge in [-0.2, -0.15) is 5.10 Å². The number of rotatable bonds is 4. The number of nitrogens with one attached hydrogen (secondary N) is 2. The second-order valence-electron chi connectivity index (χ2n) is 3.90. The van der Waals surface area contributed by atoms with E-state index in [0.717, 1.165) is 5.56 Å². The fourth-order valence-electron chi connectivity index (χ4n) is 1.58. The van der Waals surface area contributed by atoms with E-state index in [1.165, 1.54) is 12.4 Å². The van der Waals surface area contributed by atoms with Crippen molar-refractivity contribution < 1.29 is 8.42 Å². The highest BCUT2D eigenvalue weighted by molar-refractivity contribution is 7.92. The predicted octanol–water partition coefficient (Wildman–Crippen LogP) is 0.978. The normalized spacial score (nSPS) is 11.4. The zero-order valence-electron chi connectivity index (χ0n) is 9.84. The fourth-order valence-corrected chi connectivity index (χ4v) is 2.91. The van der Waals surface area contributed by atoms with Crippen LogP contribution in [-0.4, -0.2) is 18.6 Å². The van der Waals surface area contributed by atoms with Crippen molar-refractivity contribution in [3.05, 3.63) is 41.7 Å². The number of aromatic amines is 1. The average molecular weight is 266 g/mol. The van der Waals surface area contributed by atoms with Gasteiger partial charge >= 0.3 is 0 Å². The molecule has 0 atom stereocenters. The van der Waals surface area contributed by atoms with Crippen molar-refractivity contribution >= 4 is 15.7 Å². The molecule has 0 saturated carbocycles. The molecule has 0 saturated heterocycles. The minimum Gasteiger partial charge on any atom is -0.326 e. The van der Waals surface area contributed by atoms with Crippen LogP contribution in [0.5, 0.6) is 0 Å². The van der Waals surface area contributed by atoms with Crippen LogP contribution in [0.15, 0.2) is 35.5 Å². The van der Waals surface area contributed by atoms with Crippen molar-refractivity contribution in [2.24, 2.45) is 5.73 Å². The molecule has 96 valence electrons. The van der Waals surface area contributed by atoms with Crippen molar-refractivity contribution in [3.8, 4) is 0 Å². The third kappa shape index (κ3) is 2.52. The summed E-state index contributed by atoms with van der Waals surface area (Å²) in [5, 5.41) is 6.23. The Balaban J connectivity index is 2.40. The monoisotopic (exact) mass is 266 g/mol. The minimum absolute atomic E-state index is 0.228. The lowest BCUT2D eigenvalue weighted by Crippen LogP contribution is -2.14. The van der Waals surface area contributed by atoms with Crippen LogP contribution in [0.25, 0.3) is 0 Å². The molecule has 1 heterocycles. The summed E-state index contributed by atoms with van der Waals surface area (Å²) in [4.78, 5) is 0.228. The Hall–Kier alpha value is -1.86. The Morgan fingerprint density at radius 2 is 2.22 bits per heavy atom. The van der Waals surface area contributed by atoms with Gasteiger partial charge in [-0.15, -0.1) is 0 Å². The highest BCUT2D eigenvalue weighted by Gasteiger charge is 2.17. The number of H-pyrrole nitrogens is 1. The molecule has 2 rings (SSSR count). The van der Waals surface area contributed by atoms with E-state index in [0.29, 0.717) is 17.8 Å². The molecule has 0 spiro atoms. The van der Waals surface area contributed by atoms with E-state index >= 15 is 0 Å². The summed E-state index contributed by atoms with van der Waals surface area (Å²) >= 11 is 0. The van der Waals surface area contributed by atoms with Gasteiger partial charge in [-0.25, -0.2) is 8.42 Å². The van der Waals surface area contributed by atoms with E-state index in [4.69, 9.17) is 5.73 Å². The minimum atomic E-state index is -3.61. The molecule has 0 radical (unpaired) electrons. The summed E-state index contributed by atoms with van der Waals surface area (Å²) in [6.45, 7) is 2.04. The number of hydrogen-bond donors (Lipinski definition) is 3. The van der Waals surface area contributed by atoms with Gasteiger partial charge in [0.1, 0.15) is 0 Å².